The van der Waals surface area contributed by atoms with Crippen LogP contribution in [0.4, 0.5) is 0 Å². The zero-order valence-electron chi connectivity index (χ0n) is 13.4. The molecule has 0 amide bonds. The van der Waals surface area contributed by atoms with Crippen LogP contribution >= 0.6 is 0 Å². The van der Waals surface area contributed by atoms with Gasteiger partial charge < -0.3 is 18.9 Å². The summed E-state index contributed by atoms with van der Waals surface area (Å²) in [6, 6.07) is 6.60. The molecule has 0 saturated carbocycles. The molecule has 1 aromatic rings. The molecule has 6 heteroatoms. The summed E-state index contributed by atoms with van der Waals surface area (Å²) < 4.78 is 21.2. The molecule has 1 aromatic carbocycles. The largest absolute Gasteiger partial charge is 0.497 e. The van der Waals surface area contributed by atoms with E-state index in [0.717, 1.165) is 5.57 Å². The number of ether oxygens (including phenoxy) is 4. The van der Waals surface area contributed by atoms with E-state index in [2.05, 4.69) is 0 Å². The van der Waals surface area contributed by atoms with Crippen LogP contribution in [0, 0.1) is 0 Å². The Balaban J connectivity index is 2.14. The molecule has 0 fully saturated rings. The first-order valence-electron chi connectivity index (χ1n) is 7.28. The minimum Gasteiger partial charge on any atom is -0.497 e. The van der Waals surface area contributed by atoms with Gasteiger partial charge in [0.25, 0.3) is 0 Å². The molecule has 0 aliphatic carbocycles. The van der Waals surface area contributed by atoms with Crippen LogP contribution in [0.1, 0.15) is 24.2 Å². The maximum atomic E-state index is 12.3. The van der Waals surface area contributed by atoms with Gasteiger partial charge in [0.15, 0.2) is 12.2 Å². The topological polar surface area (TPSA) is 71.1 Å². The van der Waals surface area contributed by atoms with Gasteiger partial charge in [-0.05, 0) is 36.8 Å². The van der Waals surface area contributed by atoms with E-state index in [4.69, 9.17) is 18.9 Å². The van der Waals surface area contributed by atoms with Crippen LogP contribution in [0.15, 0.2) is 35.9 Å². The van der Waals surface area contributed by atoms with Gasteiger partial charge in [0, 0.05) is 6.92 Å². The van der Waals surface area contributed by atoms with E-state index in [0.29, 0.717) is 17.9 Å². The summed E-state index contributed by atoms with van der Waals surface area (Å²) in [6.07, 6.45) is 0.486. The first-order valence-corrected chi connectivity index (χ1v) is 7.28. The van der Waals surface area contributed by atoms with Gasteiger partial charge in [-0.1, -0.05) is 6.08 Å². The fourth-order valence-corrected chi connectivity index (χ4v) is 2.26. The zero-order valence-corrected chi connectivity index (χ0v) is 13.4. The predicted octanol–water partition coefficient (Wildman–Crippen LogP) is 2.13. The average Bonchev–Trinajstić information content (AvgIpc) is 2.70. The monoisotopic (exact) mass is 320 g/mol. The maximum Gasteiger partial charge on any atom is 0.338 e. The van der Waals surface area contributed by atoms with E-state index in [1.807, 2.05) is 13.0 Å². The molecule has 6 nitrogen and oxygen atoms in total. The van der Waals surface area contributed by atoms with Crippen molar-refractivity contribution in [1.29, 1.82) is 0 Å². The molecule has 0 saturated heterocycles. The lowest BCUT2D eigenvalue weighted by Gasteiger charge is -2.25. The average molecular weight is 320 g/mol. The minimum atomic E-state index is -0.670. The number of carbonyl (C=O) groups excluding carboxylic acids is 2. The highest BCUT2D eigenvalue weighted by molar-refractivity contribution is 5.89. The molecule has 2 rings (SSSR count). The fourth-order valence-electron chi connectivity index (χ4n) is 2.26. The number of methoxy groups -OCH3 is 1. The quantitative estimate of drug-likeness (QED) is 0.625. The second-order valence-electron chi connectivity index (χ2n) is 5.19. The molecule has 0 N–H and O–H groups in total. The van der Waals surface area contributed by atoms with Gasteiger partial charge in [-0.25, -0.2) is 4.79 Å². The third kappa shape index (κ3) is 4.56. The summed E-state index contributed by atoms with van der Waals surface area (Å²) >= 11 is 0. The molecule has 0 unspecified atom stereocenters. The van der Waals surface area contributed by atoms with Crippen molar-refractivity contribution in [2.75, 3.05) is 20.3 Å². The van der Waals surface area contributed by atoms with Gasteiger partial charge in [0.05, 0.1) is 25.9 Å². The molecule has 0 radical (unpaired) electrons. The lowest BCUT2D eigenvalue weighted by atomic mass is 10.1. The van der Waals surface area contributed by atoms with Crippen molar-refractivity contribution in [2.45, 2.75) is 26.1 Å². The van der Waals surface area contributed by atoms with Gasteiger partial charge in [-0.3, -0.25) is 4.79 Å². The van der Waals surface area contributed by atoms with Crippen LogP contribution in [0.3, 0.4) is 0 Å². The Kier molecular flexibility index (Phi) is 5.76. The van der Waals surface area contributed by atoms with Gasteiger partial charge in [0.2, 0.25) is 0 Å². The van der Waals surface area contributed by atoms with Crippen molar-refractivity contribution >= 4 is 11.9 Å². The second-order valence-corrected chi connectivity index (χ2v) is 5.19. The van der Waals surface area contributed by atoms with Crippen LogP contribution in [0.25, 0.3) is 0 Å². The van der Waals surface area contributed by atoms with E-state index in [-0.39, 0.29) is 6.61 Å². The van der Waals surface area contributed by atoms with Crippen molar-refractivity contribution in [3.63, 3.8) is 0 Å². The highest BCUT2D eigenvalue weighted by Gasteiger charge is 2.31. The number of hydrogen-bond donors (Lipinski definition) is 0. The molecular formula is C17H20O6. The van der Waals surface area contributed by atoms with Crippen LogP contribution in [-0.2, 0) is 19.0 Å². The SMILES string of the molecule is COc1ccc(C(=O)O[C@H]2C(C)=CCOC[C@H]2OC(C)=O)cc1. The zero-order chi connectivity index (χ0) is 16.8. The van der Waals surface area contributed by atoms with Crippen molar-refractivity contribution < 1.29 is 28.5 Å². The molecular weight excluding hydrogens is 300 g/mol. The van der Waals surface area contributed by atoms with Gasteiger partial charge in [-0.15, -0.1) is 0 Å². The molecule has 23 heavy (non-hydrogen) atoms. The fraction of sp³-hybridized carbons (Fsp3) is 0.412. The van der Waals surface area contributed by atoms with E-state index >= 15 is 0 Å². The van der Waals surface area contributed by atoms with Crippen molar-refractivity contribution in [2.24, 2.45) is 0 Å². The Morgan fingerprint density at radius 2 is 1.87 bits per heavy atom. The first kappa shape index (κ1) is 17.0. The summed E-state index contributed by atoms with van der Waals surface area (Å²) in [5.41, 5.74) is 1.18. The number of carbonyl (C=O) groups is 2. The highest BCUT2D eigenvalue weighted by Crippen LogP contribution is 2.20. The maximum absolute atomic E-state index is 12.3. The summed E-state index contributed by atoms with van der Waals surface area (Å²) in [5, 5.41) is 0. The highest BCUT2D eigenvalue weighted by atomic mass is 16.6. The number of esters is 2. The molecule has 1 aliphatic rings. The van der Waals surface area contributed by atoms with Gasteiger partial charge in [0.1, 0.15) is 5.75 Å². The smallest absolute Gasteiger partial charge is 0.338 e. The standard InChI is InChI=1S/C17H20O6/c1-11-8-9-21-10-15(22-12(2)18)16(11)23-17(19)13-4-6-14(20-3)7-5-13/h4-8,15-16H,9-10H2,1-3H3/t15-,16+/m1/s1. The molecule has 0 bridgehead atoms. The Bertz CT molecular complexity index is 590. The normalized spacial score (nSPS) is 20.9. The first-order chi connectivity index (χ1) is 11.0. The second kappa shape index (κ2) is 7.78. The van der Waals surface area contributed by atoms with Crippen LogP contribution < -0.4 is 4.74 Å². The Hall–Kier alpha value is -2.34. The van der Waals surface area contributed by atoms with Gasteiger partial charge >= 0.3 is 11.9 Å². The van der Waals surface area contributed by atoms with Crippen molar-refractivity contribution in [3.8, 4) is 5.75 Å². The van der Waals surface area contributed by atoms with Crippen LogP contribution in [0.2, 0.25) is 0 Å². The summed E-state index contributed by atoms with van der Waals surface area (Å²) in [7, 11) is 1.55. The molecule has 0 spiro atoms. The number of benzene rings is 1. The number of hydrogen-bond acceptors (Lipinski definition) is 6. The molecule has 2 atom stereocenters. The molecule has 124 valence electrons. The summed E-state index contributed by atoms with van der Waals surface area (Å²) in [4.78, 5) is 23.6. The van der Waals surface area contributed by atoms with Crippen molar-refractivity contribution in [3.05, 3.63) is 41.5 Å². The minimum absolute atomic E-state index is 0.175. The van der Waals surface area contributed by atoms with E-state index in [1.165, 1.54) is 6.92 Å². The Morgan fingerprint density at radius 3 is 2.48 bits per heavy atom. The Morgan fingerprint density at radius 1 is 1.17 bits per heavy atom. The van der Waals surface area contributed by atoms with E-state index in [1.54, 1.807) is 31.4 Å². The lowest BCUT2D eigenvalue weighted by molar-refractivity contribution is -0.154. The molecule has 1 aliphatic heterocycles. The number of rotatable bonds is 4. The molecule has 0 aromatic heterocycles. The van der Waals surface area contributed by atoms with E-state index < -0.39 is 24.1 Å². The van der Waals surface area contributed by atoms with Gasteiger partial charge in [-0.2, -0.15) is 0 Å². The predicted molar refractivity (Wildman–Crippen MR) is 82.3 cm³/mol. The molecule has 1 heterocycles. The summed E-state index contributed by atoms with van der Waals surface area (Å²) in [6.45, 7) is 3.69. The lowest BCUT2D eigenvalue weighted by Crippen LogP contribution is -2.38. The Labute approximate surface area is 135 Å². The van der Waals surface area contributed by atoms with Crippen molar-refractivity contribution in [1.82, 2.24) is 0 Å². The van der Waals surface area contributed by atoms with Crippen LogP contribution in [0.5, 0.6) is 5.75 Å². The van der Waals surface area contributed by atoms with E-state index in [9.17, 15) is 9.59 Å². The summed E-state index contributed by atoms with van der Waals surface area (Å²) in [5.74, 6) is -0.290. The van der Waals surface area contributed by atoms with Crippen LogP contribution in [-0.4, -0.2) is 44.5 Å². The third-order valence-corrected chi connectivity index (χ3v) is 3.47. The third-order valence-electron chi connectivity index (χ3n) is 3.47.